The van der Waals surface area contributed by atoms with Gasteiger partial charge in [-0.3, -0.25) is 9.59 Å². The first-order chi connectivity index (χ1) is 11.8. The van der Waals surface area contributed by atoms with Crippen molar-refractivity contribution in [1.29, 1.82) is 0 Å². The number of nitrogens with zero attached hydrogens (tertiary/aromatic N) is 2. The molecule has 0 unspecified atom stereocenters. The van der Waals surface area contributed by atoms with Crippen LogP contribution in [0.2, 0.25) is 0 Å². The van der Waals surface area contributed by atoms with Gasteiger partial charge >= 0.3 is 0 Å². The van der Waals surface area contributed by atoms with Gasteiger partial charge in [0.25, 0.3) is 0 Å². The Hall–Kier alpha value is -1.95. The summed E-state index contributed by atoms with van der Waals surface area (Å²) >= 11 is 0. The standard InChI is InChI=1S/C19H28FN3O2/c1-14(2)12-17(19(25)23-10-8-22(3)9-11-23)21-18(24)13-15-4-6-16(20)7-5-15/h4-7,14,17H,8-13H2,1-3H3,(H,21,24)/t17-/m0/s1. The molecule has 0 aromatic heterocycles. The minimum absolute atomic E-state index is 0.00532. The van der Waals surface area contributed by atoms with Crippen molar-refractivity contribution in [3.8, 4) is 0 Å². The lowest BCUT2D eigenvalue weighted by atomic mass is 10.0. The molecule has 0 spiro atoms. The second-order valence-corrected chi connectivity index (χ2v) is 7.18. The van der Waals surface area contributed by atoms with Crippen LogP contribution in [0.25, 0.3) is 0 Å². The monoisotopic (exact) mass is 349 g/mol. The predicted octanol–water partition coefficient (Wildman–Crippen LogP) is 1.67. The minimum atomic E-state index is -0.503. The smallest absolute Gasteiger partial charge is 0.245 e. The number of carbonyl (C=O) groups excluding carboxylic acids is 2. The molecule has 1 aliphatic rings. The van der Waals surface area contributed by atoms with Gasteiger partial charge in [-0.05, 0) is 37.1 Å². The van der Waals surface area contributed by atoms with E-state index >= 15 is 0 Å². The van der Waals surface area contributed by atoms with Gasteiger partial charge in [-0.2, -0.15) is 0 Å². The molecule has 1 aromatic rings. The van der Waals surface area contributed by atoms with Crippen molar-refractivity contribution in [2.24, 2.45) is 5.92 Å². The molecule has 6 heteroatoms. The fourth-order valence-corrected chi connectivity index (χ4v) is 2.97. The Kier molecular flexibility index (Phi) is 6.93. The number of benzene rings is 1. The molecule has 1 aromatic carbocycles. The third-order valence-electron chi connectivity index (χ3n) is 4.43. The number of carbonyl (C=O) groups is 2. The van der Waals surface area contributed by atoms with Crippen LogP contribution in [0.1, 0.15) is 25.8 Å². The second-order valence-electron chi connectivity index (χ2n) is 7.18. The molecule has 0 saturated carbocycles. The van der Waals surface area contributed by atoms with Gasteiger partial charge < -0.3 is 15.1 Å². The van der Waals surface area contributed by atoms with Gasteiger partial charge in [0.15, 0.2) is 0 Å². The first-order valence-electron chi connectivity index (χ1n) is 8.86. The molecule has 5 nitrogen and oxygen atoms in total. The lowest BCUT2D eigenvalue weighted by Crippen LogP contribution is -2.54. The summed E-state index contributed by atoms with van der Waals surface area (Å²) in [6.45, 7) is 7.16. The van der Waals surface area contributed by atoms with E-state index in [2.05, 4.69) is 10.2 Å². The Labute approximate surface area is 149 Å². The fraction of sp³-hybridized carbons (Fsp3) is 0.579. The van der Waals surface area contributed by atoms with Crippen LogP contribution in [0.3, 0.4) is 0 Å². The van der Waals surface area contributed by atoms with E-state index in [1.54, 1.807) is 12.1 Å². The van der Waals surface area contributed by atoms with Gasteiger partial charge in [0, 0.05) is 26.2 Å². The Bertz CT molecular complexity index is 581. The summed E-state index contributed by atoms with van der Waals surface area (Å²) in [7, 11) is 2.04. The van der Waals surface area contributed by atoms with Crippen LogP contribution < -0.4 is 5.32 Å². The Morgan fingerprint density at radius 2 is 1.72 bits per heavy atom. The summed E-state index contributed by atoms with van der Waals surface area (Å²) in [6, 6.07) is 5.35. The van der Waals surface area contributed by atoms with Crippen LogP contribution in [0.4, 0.5) is 4.39 Å². The number of hydrogen-bond donors (Lipinski definition) is 1. The molecule has 0 aliphatic carbocycles. The van der Waals surface area contributed by atoms with Crippen molar-refractivity contribution < 1.29 is 14.0 Å². The summed E-state index contributed by atoms with van der Waals surface area (Å²) < 4.78 is 13.0. The van der Waals surface area contributed by atoms with Crippen molar-refractivity contribution in [2.45, 2.75) is 32.7 Å². The number of hydrogen-bond acceptors (Lipinski definition) is 3. The van der Waals surface area contributed by atoms with Gasteiger partial charge in [0.1, 0.15) is 11.9 Å². The summed E-state index contributed by atoms with van der Waals surface area (Å²) in [5.41, 5.74) is 0.731. The van der Waals surface area contributed by atoms with Crippen LogP contribution in [0, 0.1) is 11.7 Å². The third-order valence-corrected chi connectivity index (χ3v) is 4.43. The molecule has 2 rings (SSSR count). The molecule has 1 heterocycles. The highest BCUT2D eigenvalue weighted by Crippen LogP contribution is 2.11. The van der Waals surface area contributed by atoms with Crippen LogP contribution in [-0.2, 0) is 16.0 Å². The van der Waals surface area contributed by atoms with Crippen LogP contribution in [0.5, 0.6) is 0 Å². The van der Waals surface area contributed by atoms with E-state index in [0.717, 1.165) is 18.7 Å². The number of halogens is 1. The quantitative estimate of drug-likeness (QED) is 0.850. The Morgan fingerprint density at radius 3 is 2.28 bits per heavy atom. The molecule has 1 N–H and O–H groups in total. The zero-order chi connectivity index (χ0) is 18.4. The van der Waals surface area contributed by atoms with E-state index < -0.39 is 6.04 Å². The van der Waals surface area contributed by atoms with Crippen LogP contribution in [0.15, 0.2) is 24.3 Å². The van der Waals surface area contributed by atoms with Gasteiger partial charge in [-0.15, -0.1) is 0 Å². The largest absolute Gasteiger partial charge is 0.344 e. The van der Waals surface area contributed by atoms with Gasteiger partial charge in [-0.1, -0.05) is 26.0 Å². The molecular weight excluding hydrogens is 321 g/mol. The van der Waals surface area contributed by atoms with E-state index in [0.29, 0.717) is 25.4 Å². The molecule has 1 aliphatic heterocycles. The van der Waals surface area contributed by atoms with Crippen molar-refractivity contribution in [3.05, 3.63) is 35.6 Å². The van der Waals surface area contributed by atoms with E-state index in [1.165, 1.54) is 12.1 Å². The normalized spacial score (nSPS) is 16.8. The van der Waals surface area contributed by atoms with E-state index in [9.17, 15) is 14.0 Å². The molecular formula is C19H28FN3O2. The number of nitrogens with one attached hydrogen (secondary N) is 1. The van der Waals surface area contributed by atoms with Gasteiger partial charge in [0.05, 0.1) is 6.42 Å². The lowest BCUT2D eigenvalue weighted by Gasteiger charge is -2.35. The molecule has 1 saturated heterocycles. The zero-order valence-electron chi connectivity index (χ0n) is 15.3. The average molecular weight is 349 g/mol. The highest BCUT2D eigenvalue weighted by atomic mass is 19.1. The van der Waals surface area contributed by atoms with E-state index in [4.69, 9.17) is 0 Å². The Balaban J connectivity index is 1.97. The first-order valence-corrected chi connectivity index (χ1v) is 8.86. The van der Waals surface area contributed by atoms with Crippen molar-refractivity contribution in [3.63, 3.8) is 0 Å². The van der Waals surface area contributed by atoms with E-state index in [-0.39, 0.29) is 24.1 Å². The SMILES string of the molecule is CC(C)C[C@H](NC(=O)Cc1ccc(F)cc1)C(=O)N1CCN(C)CC1. The predicted molar refractivity (Wildman–Crippen MR) is 95.6 cm³/mol. The molecule has 0 bridgehead atoms. The van der Waals surface area contributed by atoms with Crippen LogP contribution >= 0.6 is 0 Å². The Morgan fingerprint density at radius 1 is 1.12 bits per heavy atom. The molecule has 0 radical (unpaired) electrons. The van der Waals surface area contributed by atoms with Crippen LogP contribution in [-0.4, -0.2) is 60.9 Å². The third kappa shape index (κ3) is 6.12. The number of rotatable bonds is 6. The number of likely N-dealkylation sites (N-methyl/N-ethyl adjacent to an activating group) is 1. The summed E-state index contributed by atoms with van der Waals surface area (Å²) in [5, 5.41) is 2.88. The van der Waals surface area contributed by atoms with Gasteiger partial charge in [0.2, 0.25) is 11.8 Å². The highest BCUT2D eigenvalue weighted by Gasteiger charge is 2.28. The number of amides is 2. The maximum Gasteiger partial charge on any atom is 0.245 e. The maximum absolute atomic E-state index is 13.0. The minimum Gasteiger partial charge on any atom is -0.344 e. The summed E-state index contributed by atoms with van der Waals surface area (Å²) in [5.74, 6) is -0.242. The molecule has 25 heavy (non-hydrogen) atoms. The second kappa shape index (κ2) is 8.94. The maximum atomic E-state index is 13.0. The molecule has 1 atom stereocenters. The highest BCUT2D eigenvalue weighted by molar-refractivity contribution is 5.88. The van der Waals surface area contributed by atoms with Crippen molar-refractivity contribution in [1.82, 2.24) is 15.1 Å². The summed E-state index contributed by atoms with van der Waals surface area (Å²) in [4.78, 5) is 29.2. The average Bonchev–Trinajstić information content (AvgIpc) is 2.56. The van der Waals surface area contributed by atoms with Crippen molar-refractivity contribution in [2.75, 3.05) is 33.2 Å². The van der Waals surface area contributed by atoms with E-state index in [1.807, 2.05) is 25.8 Å². The first kappa shape index (κ1) is 19.4. The number of piperazine rings is 1. The zero-order valence-corrected chi connectivity index (χ0v) is 15.3. The van der Waals surface area contributed by atoms with Crippen molar-refractivity contribution >= 4 is 11.8 Å². The lowest BCUT2D eigenvalue weighted by molar-refractivity contribution is -0.138. The van der Waals surface area contributed by atoms with Gasteiger partial charge in [-0.25, -0.2) is 4.39 Å². The topological polar surface area (TPSA) is 52.7 Å². The fourth-order valence-electron chi connectivity index (χ4n) is 2.97. The molecule has 2 amide bonds. The molecule has 138 valence electrons. The summed E-state index contributed by atoms with van der Waals surface area (Å²) in [6.07, 6.45) is 0.755. The molecule has 1 fully saturated rings.